The van der Waals surface area contributed by atoms with Crippen molar-refractivity contribution in [2.45, 2.75) is 19.6 Å². The average Bonchev–Trinajstić information content (AvgIpc) is 3.14. The molecule has 0 aliphatic carbocycles. The van der Waals surface area contributed by atoms with E-state index in [9.17, 15) is 4.39 Å². The topological polar surface area (TPSA) is 49.0 Å². The lowest BCUT2D eigenvalue weighted by molar-refractivity contribution is 0.173. The largest absolute Gasteiger partial charge is 0.496 e. The number of hydrogen-bond acceptors (Lipinski definition) is 5. The molecule has 0 spiro atoms. The van der Waals surface area contributed by atoms with Gasteiger partial charge in [-0.15, -0.1) is 0 Å². The van der Waals surface area contributed by atoms with Gasteiger partial charge in [0.2, 0.25) is 6.79 Å². The van der Waals surface area contributed by atoms with Gasteiger partial charge in [0, 0.05) is 17.7 Å². The van der Waals surface area contributed by atoms with Crippen molar-refractivity contribution in [2.75, 3.05) is 27.6 Å². The molecule has 1 aliphatic heterocycles. The third-order valence-corrected chi connectivity index (χ3v) is 4.19. The van der Waals surface area contributed by atoms with E-state index in [1.165, 1.54) is 0 Å². The minimum absolute atomic E-state index is 0.268. The van der Waals surface area contributed by atoms with Crippen LogP contribution in [0.25, 0.3) is 0 Å². The maximum absolute atomic E-state index is 13.1. The molecule has 1 N–H and O–H groups in total. The molecule has 0 unspecified atom stereocenters. The Kier molecular flexibility index (Phi) is 5.60. The molecular formula is C19H22FNO4. The fourth-order valence-corrected chi connectivity index (χ4v) is 2.90. The number of hydrogen-bond donors (Lipinski definition) is 1. The highest BCUT2D eigenvalue weighted by Crippen LogP contribution is 2.35. The summed E-state index contributed by atoms with van der Waals surface area (Å²) in [5.41, 5.74) is 2.53. The van der Waals surface area contributed by atoms with Crippen molar-refractivity contribution in [1.82, 2.24) is 5.32 Å². The van der Waals surface area contributed by atoms with E-state index in [0.717, 1.165) is 35.6 Å². The van der Waals surface area contributed by atoms with Gasteiger partial charge in [0.25, 0.3) is 0 Å². The molecule has 134 valence electrons. The number of benzene rings is 2. The standard InChI is InChI=1S/C19H22FNO4/c1-22-17-9-15(10-20)18(23-2)8-13(17)6-7-21-11-14-4-3-5-16-19(14)25-12-24-16/h3-5,8-9,21H,6-7,10-12H2,1-2H3. The second kappa shape index (κ2) is 8.07. The summed E-state index contributed by atoms with van der Waals surface area (Å²) in [6, 6.07) is 9.40. The zero-order chi connectivity index (χ0) is 17.6. The molecule has 5 nitrogen and oxygen atoms in total. The predicted octanol–water partition coefficient (Wildman–Crippen LogP) is 3.23. The van der Waals surface area contributed by atoms with Gasteiger partial charge in [-0.05, 0) is 36.7 Å². The molecule has 2 aromatic rings. The van der Waals surface area contributed by atoms with Crippen molar-refractivity contribution in [3.05, 3.63) is 47.0 Å². The molecular weight excluding hydrogens is 325 g/mol. The quantitative estimate of drug-likeness (QED) is 0.743. The van der Waals surface area contributed by atoms with Crippen molar-refractivity contribution >= 4 is 0 Å². The fourth-order valence-electron chi connectivity index (χ4n) is 2.90. The lowest BCUT2D eigenvalue weighted by Gasteiger charge is -2.14. The van der Waals surface area contributed by atoms with Crippen LogP contribution in [0.3, 0.4) is 0 Å². The highest BCUT2D eigenvalue weighted by atomic mass is 19.1. The Morgan fingerprint density at radius 3 is 2.56 bits per heavy atom. The van der Waals surface area contributed by atoms with Crippen LogP contribution in [0.15, 0.2) is 30.3 Å². The summed E-state index contributed by atoms with van der Waals surface area (Å²) in [6.45, 7) is 1.09. The zero-order valence-electron chi connectivity index (χ0n) is 14.4. The Morgan fingerprint density at radius 1 is 1.04 bits per heavy atom. The van der Waals surface area contributed by atoms with Crippen LogP contribution in [-0.4, -0.2) is 27.6 Å². The number of para-hydroxylation sites is 1. The van der Waals surface area contributed by atoms with Gasteiger partial charge in [-0.2, -0.15) is 0 Å². The van der Waals surface area contributed by atoms with Crippen molar-refractivity contribution in [3.8, 4) is 23.0 Å². The molecule has 0 amide bonds. The van der Waals surface area contributed by atoms with Gasteiger partial charge in [-0.1, -0.05) is 12.1 Å². The normalized spacial score (nSPS) is 12.3. The molecule has 0 saturated carbocycles. The van der Waals surface area contributed by atoms with Crippen molar-refractivity contribution in [1.29, 1.82) is 0 Å². The molecule has 1 heterocycles. The average molecular weight is 347 g/mol. The van der Waals surface area contributed by atoms with Gasteiger partial charge < -0.3 is 24.3 Å². The van der Waals surface area contributed by atoms with E-state index in [1.807, 2.05) is 24.3 Å². The Labute approximate surface area is 146 Å². The first-order valence-corrected chi connectivity index (χ1v) is 8.14. The first kappa shape index (κ1) is 17.4. The van der Waals surface area contributed by atoms with Crippen LogP contribution in [0.1, 0.15) is 16.7 Å². The van der Waals surface area contributed by atoms with Gasteiger partial charge in [0.1, 0.15) is 18.2 Å². The van der Waals surface area contributed by atoms with Crippen LogP contribution >= 0.6 is 0 Å². The van der Waals surface area contributed by atoms with Gasteiger partial charge in [0.05, 0.1) is 14.2 Å². The molecule has 6 heteroatoms. The first-order valence-electron chi connectivity index (χ1n) is 8.14. The van der Waals surface area contributed by atoms with Crippen LogP contribution in [0.4, 0.5) is 4.39 Å². The monoisotopic (exact) mass is 347 g/mol. The molecule has 25 heavy (non-hydrogen) atoms. The maximum Gasteiger partial charge on any atom is 0.231 e. The van der Waals surface area contributed by atoms with E-state index in [4.69, 9.17) is 18.9 Å². The van der Waals surface area contributed by atoms with Crippen molar-refractivity contribution in [2.24, 2.45) is 0 Å². The Hall–Kier alpha value is -2.47. The number of alkyl halides is 1. The van der Waals surface area contributed by atoms with Crippen molar-refractivity contribution < 1.29 is 23.3 Å². The Bertz CT molecular complexity index is 736. The second-order valence-electron chi connectivity index (χ2n) is 5.69. The number of rotatable bonds is 8. The molecule has 2 aromatic carbocycles. The van der Waals surface area contributed by atoms with Gasteiger partial charge >= 0.3 is 0 Å². The number of nitrogens with one attached hydrogen (secondary N) is 1. The van der Waals surface area contributed by atoms with E-state index in [0.29, 0.717) is 23.6 Å². The van der Waals surface area contributed by atoms with E-state index < -0.39 is 6.67 Å². The van der Waals surface area contributed by atoms with E-state index in [1.54, 1.807) is 20.3 Å². The SMILES string of the molecule is COc1cc(CCNCc2cccc3c2OCO3)c(OC)cc1CF. The van der Waals surface area contributed by atoms with Gasteiger partial charge in [0.15, 0.2) is 11.5 Å². The summed E-state index contributed by atoms with van der Waals surface area (Å²) in [4.78, 5) is 0. The summed E-state index contributed by atoms with van der Waals surface area (Å²) in [5.74, 6) is 2.81. The number of halogens is 1. The molecule has 0 aromatic heterocycles. The third-order valence-electron chi connectivity index (χ3n) is 4.19. The summed E-state index contributed by atoms with van der Waals surface area (Å²) >= 11 is 0. The molecule has 0 atom stereocenters. The van der Waals surface area contributed by atoms with E-state index in [-0.39, 0.29) is 6.79 Å². The molecule has 0 radical (unpaired) electrons. The third kappa shape index (κ3) is 3.79. The second-order valence-corrected chi connectivity index (χ2v) is 5.69. The predicted molar refractivity (Wildman–Crippen MR) is 92.3 cm³/mol. The molecule has 1 aliphatic rings. The van der Waals surface area contributed by atoms with Crippen LogP contribution in [0, 0.1) is 0 Å². The summed E-state index contributed by atoms with van der Waals surface area (Å²) in [6.07, 6.45) is 0.735. The Morgan fingerprint density at radius 2 is 1.80 bits per heavy atom. The zero-order valence-corrected chi connectivity index (χ0v) is 14.4. The van der Waals surface area contributed by atoms with Crippen molar-refractivity contribution in [3.63, 3.8) is 0 Å². The first-order chi connectivity index (χ1) is 12.3. The van der Waals surface area contributed by atoms with Crippen LogP contribution in [-0.2, 0) is 19.6 Å². The highest BCUT2D eigenvalue weighted by Gasteiger charge is 2.16. The van der Waals surface area contributed by atoms with Crippen LogP contribution in [0.2, 0.25) is 0 Å². The van der Waals surface area contributed by atoms with E-state index in [2.05, 4.69) is 5.32 Å². The highest BCUT2D eigenvalue weighted by molar-refractivity contribution is 5.48. The number of methoxy groups -OCH3 is 2. The van der Waals surface area contributed by atoms with Gasteiger partial charge in [-0.25, -0.2) is 4.39 Å². The minimum atomic E-state index is -0.584. The smallest absolute Gasteiger partial charge is 0.231 e. The summed E-state index contributed by atoms with van der Waals surface area (Å²) < 4.78 is 34.6. The van der Waals surface area contributed by atoms with E-state index >= 15 is 0 Å². The molecule has 0 bridgehead atoms. The lowest BCUT2D eigenvalue weighted by atomic mass is 10.1. The minimum Gasteiger partial charge on any atom is -0.496 e. The maximum atomic E-state index is 13.1. The number of fused-ring (bicyclic) bond motifs is 1. The Balaban J connectivity index is 1.61. The fraction of sp³-hybridized carbons (Fsp3) is 0.368. The molecule has 0 saturated heterocycles. The van der Waals surface area contributed by atoms with Crippen LogP contribution in [0.5, 0.6) is 23.0 Å². The summed E-state index contributed by atoms with van der Waals surface area (Å²) in [5, 5.41) is 3.39. The molecule has 0 fully saturated rings. The van der Waals surface area contributed by atoms with Gasteiger partial charge in [-0.3, -0.25) is 0 Å². The lowest BCUT2D eigenvalue weighted by Crippen LogP contribution is -2.17. The summed E-state index contributed by atoms with van der Waals surface area (Å²) in [7, 11) is 3.13. The molecule has 3 rings (SSSR count). The van der Waals surface area contributed by atoms with Crippen LogP contribution < -0.4 is 24.3 Å². The number of ether oxygens (including phenoxy) is 4.